The molecule has 2 aromatic rings. The zero-order valence-electron chi connectivity index (χ0n) is 14.3. The predicted molar refractivity (Wildman–Crippen MR) is 94.2 cm³/mol. The molecule has 0 spiro atoms. The van der Waals surface area contributed by atoms with Crippen molar-refractivity contribution in [2.24, 2.45) is 0 Å². The number of rotatable bonds is 3. The molecule has 5 nitrogen and oxygen atoms in total. The van der Waals surface area contributed by atoms with Crippen molar-refractivity contribution >= 4 is 28.3 Å². The molecule has 24 heavy (non-hydrogen) atoms. The van der Waals surface area contributed by atoms with Crippen molar-refractivity contribution in [1.82, 2.24) is 9.36 Å². The fourth-order valence-electron chi connectivity index (χ4n) is 2.73. The minimum Gasteiger partial charge on any atom is -0.338 e. The molecule has 2 heterocycles. The van der Waals surface area contributed by atoms with E-state index in [0.29, 0.717) is 23.8 Å². The highest BCUT2D eigenvalue weighted by Crippen LogP contribution is 2.30. The highest BCUT2D eigenvalue weighted by molar-refractivity contribution is 7.09. The van der Waals surface area contributed by atoms with Crippen LogP contribution in [0.5, 0.6) is 0 Å². The smallest absolute Gasteiger partial charge is 0.249 e. The molecule has 1 fully saturated rings. The fourth-order valence-corrected chi connectivity index (χ4v) is 3.60. The SMILES string of the molecule is CN(c1nc(C(C)(C)C)ns1)C1CCN(c2ccccc2F)C1=O. The summed E-state index contributed by atoms with van der Waals surface area (Å²) in [5.41, 5.74) is 0.208. The van der Waals surface area contributed by atoms with Crippen LogP contribution in [0.1, 0.15) is 33.0 Å². The van der Waals surface area contributed by atoms with E-state index in [0.717, 1.165) is 5.82 Å². The Hall–Kier alpha value is -2.02. The molecule has 1 saturated heterocycles. The van der Waals surface area contributed by atoms with Crippen LogP contribution in [-0.2, 0) is 10.2 Å². The van der Waals surface area contributed by atoms with E-state index in [1.807, 2.05) is 11.9 Å². The molecular formula is C17H21FN4OS. The van der Waals surface area contributed by atoms with Gasteiger partial charge in [0.1, 0.15) is 17.7 Å². The number of benzene rings is 1. The summed E-state index contributed by atoms with van der Waals surface area (Å²) in [6, 6.07) is 6.03. The van der Waals surface area contributed by atoms with E-state index < -0.39 is 0 Å². The molecular weight excluding hydrogens is 327 g/mol. The summed E-state index contributed by atoms with van der Waals surface area (Å²) in [6.07, 6.45) is 0.633. The van der Waals surface area contributed by atoms with Crippen molar-refractivity contribution in [1.29, 1.82) is 0 Å². The monoisotopic (exact) mass is 348 g/mol. The second-order valence-corrected chi connectivity index (χ2v) is 7.74. The molecule has 0 saturated carbocycles. The van der Waals surface area contributed by atoms with Crippen molar-refractivity contribution < 1.29 is 9.18 Å². The topological polar surface area (TPSA) is 49.3 Å². The number of amides is 1. The van der Waals surface area contributed by atoms with Gasteiger partial charge in [0, 0.05) is 30.5 Å². The number of hydrogen-bond acceptors (Lipinski definition) is 5. The third-order valence-corrected chi connectivity index (χ3v) is 4.98. The van der Waals surface area contributed by atoms with Crippen LogP contribution < -0.4 is 9.80 Å². The van der Waals surface area contributed by atoms with Crippen molar-refractivity contribution in [3.63, 3.8) is 0 Å². The number of likely N-dealkylation sites (N-methyl/N-ethyl adjacent to an activating group) is 1. The molecule has 1 aromatic heterocycles. The molecule has 1 aliphatic rings. The molecule has 1 atom stereocenters. The summed E-state index contributed by atoms with van der Waals surface area (Å²) in [4.78, 5) is 20.7. The van der Waals surface area contributed by atoms with Gasteiger partial charge in [-0.05, 0) is 18.6 Å². The molecule has 1 unspecified atom stereocenters. The van der Waals surface area contributed by atoms with Crippen LogP contribution in [0, 0.1) is 5.82 Å². The van der Waals surface area contributed by atoms with Gasteiger partial charge in [0.25, 0.3) is 0 Å². The molecule has 7 heteroatoms. The lowest BCUT2D eigenvalue weighted by Gasteiger charge is -2.23. The van der Waals surface area contributed by atoms with Crippen LogP contribution in [0.2, 0.25) is 0 Å². The highest BCUT2D eigenvalue weighted by Gasteiger charge is 2.37. The molecule has 0 bridgehead atoms. The van der Waals surface area contributed by atoms with Crippen LogP contribution in [0.25, 0.3) is 0 Å². The Bertz CT molecular complexity index is 755. The van der Waals surface area contributed by atoms with Crippen molar-refractivity contribution in [3.05, 3.63) is 35.9 Å². The first kappa shape index (κ1) is 16.8. The summed E-state index contributed by atoms with van der Waals surface area (Å²) < 4.78 is 18.4. The van der Waals surface area contributed by atoms with Gasteiger partial charge >= 0.3 is 0 Å². The average Bonchev–Trinajstić information content (AvgIpc) is 3.14. The highest BCUT2D eigenvalue weighted by atomic mass is 32.1. The Balaban J connectivity index is 1.80. The van der Waals surface area contributed by atoms with Crippen LogP contribution in [0.15, 0.2) is 24.3 Å². The Labute approximate surface area is 145 Å². The van der Waals surface area contributed by atoms with Gasteiger partial charge in [0.15, 0.2) is 0 Å². The predicted octanol–water partition coefficient (Wildman–Crippen LogP) is 3.22. The number of carbonyl (C=O) groups excluding carboxylic acids is 1. The van der Waals surface area contributed by atoms with E-state index in [4.69, 9.17) is 0 Å². The lowest BCUT2D eigenvalue weighted by Crippen LogP contribution is -2.40. The standard InChI is InChI=1S/C17H21FN4OS/c1-17(2,3)15-19-16(24-20-15)21(4)13-9-10-22(14(13)23)12-8-6-5-7-11(12)18/h5-8,13H,9-10H2,1-4H3. The maximum Gasteiger partial charge on any atom is 0.249 e. The molecule has 1 amide bonds. The number of anilines is 2. The number of carbonyl (C=O) groups is 1. The number of hydrogen-bond donors (Lipinski definition) is 0. The maximum absolute atomic E-state index is 14.0. The lowest BCUT2D eigenvalue weighted by atomic mass is 9.96. The van der Waals surface area contributed by atoms with Crippen molar-refractivity contribution in [2.45, 2.75) is 38.6 Å². The van der Waals surface area contributed by atoms with E-state index in [-0.39, 0.29) is 23.2 Å². The second kappa shape index (κ2) is 6.12. The largest absolute Gasteiger partial charge is 0.338 e. The zero-order valence-corrected chi connectivity index (χ0v) is 15.1. The Morgan fingerprint density at radius 2 is 2.04 bits per heavy atom. The molecule has 0 N–H and O–H groups in total. The molecule has 3 rings (SSSR count). The molecule has 1 aliphatic heterocycles. The normalized spacial score (nSPS) is 18.3. The first-order valence-electron chi connectivity index (χ1n) is 7.92. The first-order chi connectivity index (χ1) is 11.3. The fraction of sp³-hybridized carbons (Fsp3) is 0.471. The van der Waals surface area contributed by atoms with Crippen molar-refractivity contribution in [2.75, 3.05) is 23.4 Å². The molecule has 128 valence electrons. The average molecular weight is 348 g/mol. The number of aromatic nitrogens is 2. The van der Waals surface area contributed by atoms with Gasteiger partial charge in [-0.15, -0.1) is 0 Å². The molecule has 0 radical (unpaired) electrons. The van der Waals surface area contributed by atoms with Gasteiger partial charge in [0.05, 0.1) is 5.69 Å². The first-order valence-corrected chi connectivity index (χ1v) is 8.69. The zero-order chi connectivity index (χ0) is 17.5. The van der Waals surface area contributed by atoms with Crippen LogP contribution in [-0.4, -0.2) is 34.9 Å². The second-order valence-electron chi connectivity index (χ2n) is 7.01. The third kappa shape index (κ3) is 3.00. The molecule has 1 aromatic carbocycles. The summed E-state index contributed by atoms with van der Waals surface area (Å²) in [5, 5.41) is 0.716. The van der Waals surface area contributed by atoms with Crippen LogP contribution in [0.4, 0.5) is 15.2 Å². The maximum atomic E-state index is 14.0. The summed E-state index contributed by atoms with van der Waals surface area (Å²) in [5.74, 6) is 0.293. The van der Waals surface area contributed by atoms with Crippen LogP contribution in [0.3, 0.4) is 0 Å². The van der Waals surface area contributed by atoms with Gasteiger partial charge in [-0.2, -0.15) is 4.37 Å². The van der Waals surface area contributed by atoms with Crippen molar-refractivity contribution in [3.8, 4) is 0 Å². The quantitative estimate of drug-likeness (QED) is 0.855. The third-order valence-electron chi connectivity index (χ3n) is 4.18. The lowest BCUT2D eigenvalue weighted by molar-refractivity contribution is -0.118. The Morgan fingerprint density at radius 1 is 1.33 bits per heavy atom. The van der Waals surface area contributed by atoms with Crippen LogP contribution >= 0.6 is 11.5 Å². The van der Waals surface area contributed by atoms with Gasteiger partial charge in [-0.3, -0.25) is 4.79 Å². The number of nitrogens with zero attached hydrogens (tertiary/aromatic N) is 4. The Morgan fingerprint density at radius 3 is 2.67 bits per heavy atom. The minimum absolute atomic E-state index is 0.102. The van der Waals surface area contributed by atoms with E-state index >= 15 is 0 Å². The molecule has 0 aliphatic carbocycles. The number of halogens is 1. The number of para-hydroxylation sites is 1. The summed E-state index contributed by atoms with van der Waals surface area (Å²) in [7, 11) is 1.85. The van der Waals surface area contributed by atoms with Gasteiger partial charge in [-0.1, -0.05) is 32.9 Å². The summed E-state index contributed by atoms with van der Waals surface area (Å²) >= 11 is 1.29. The van der Waals surface area contributed by atoms with E-state index in [1.54, 1.807) is 18.2 Å². The van der Waals surface area contributed by atoms with E-state index in [9.17, 15) is 9.18 Å². The van der Waals surface area contributed by atoms with Gasteiger partial charge in [0.2, 0.25) is 11.0 Å². The van der Waals surface area contributed by atoms with E-state index in [2.05, 4.69) is 30.1 Å². The van der Waals surface area contributed by atoms with E-state index in [1.165, 1.54) is 22.5 Å². The van der Waals surface area contributed by atoms with Gasteiger partial charge < -0.3 is 9.80 Å². The minimum atomic E-state index is -0.375. The summed E-state index contributed by atoms with van der Waals surface area (Å²) in [6.45, 7) is 6.66. The van der Waals surface area contributed by atoms with Gasteiger partial charge in [-0.25, -0.2) is 9.37 Å². The Kier molecular flexibility index (Phi) is 4.29.